The summed E-state index contributed by atoms with van der Waals surface area (Å²) < 4.78 is 23.8. The lowest BCUT2D eigenvalue weighted by atomic mass is 10.2. The fourth-order valence-corrected chi connectivity index (χ4v) is 3.57. The summed E-state index contributed by atoms with van der Waals surface area (Å²) in [4.78, 5) is 2.33. The molecule has 4 nitrogen and oxygen atoms in total. The third kappa shape index (κ3) is 5.70. The molecule has 5 heteroatoms. The lowest BCUT2D eigenvalue weighted by Crippen LogP contribution is -2.42. The molecule has 1 fully saturated rings. The molecule has 1 saturated heterocycles. The van der Waals surface area contributed by atoms with Crippen molar-refractivity contribution < 1.29 is 8.42 Å². The van der Waals surface area contributed by atoms with Crippen LogP contribution in [0.1, 0.15) is 53.4 Å². The van der Waals surface area contributed by atoms with E-state index >= 15 is 0 Å². The number of sulfone groups is 1. The number of hydrogen-bond donors (Lipinski definition) is 1. The van der Waals surface area contributed by atoms with Crippen LogP contribution in [0.3, 0.4) is 0 Å². The maximum Gasteiger partial charge on any atom is 0.156 e. The molecule has 0 spiro atoms. The average Bonchev–Trinajstić information content (AvgIpc) is 2.84. The standard InChI is InChI=1S/C15H32N2O2S/c1-5-6-10-17(13-14-8-7-9-16-14)11-12-20(18,19)15(2,3)4/h14,16H,5-13H2,1-4H3. The zero-order chi connectivity index (χ0) is 15.2. The van der Waals surface area contributed by atoms with E-state index in [0.717, 1.165) is 32.5 Å². The van der Waals surface area contributed by atoms with Gasteiger partial charge in [0.1, 0.15) is 0 Å². The van der Waals surface area contributed by atoms with E-state index in [-0.39, 0.29) is 5.75 Å². The Hall–Kier alpha value is -0.130. The van der Waals surface area contributed by atoms with Gasteiger partial charge in [0.25, 0.3) is 0 Å². The molecule has 0 aliphatic carbocycles. The van der Waals surface area contributed by atoms with E-state index in [1.807, 2.05) is 0 Å². The van der Waals surface area contributed by atoms with Crippen molar-refractivity contribution in [3.63, 3.8) is 0 Å². The van der Waals surface area contributed by atoms with Crippen molar-refractivity contribution in [2.75, 3.05) is 31.9 Å². The van der Waals surface area contributed by atoms with E-state index in [2.05, 4.69) is 17.1 Å². The largest absolute Gasteiger partial charge is 0.313 e. The van der Waals surface area contributed by atoms with Crippen LogP contribution in [0.5, 0.6) is 0 Å². The summed E-state index contributed by atoms with van der Waals surface area (Å²) >= 11 is 0. The van der Waals surface area contributed by atoms with Crippen LogP contribution < -0.4 is 5.32 Å². The summed E-state index contributed by atoms with van der Waals surface area (Å²) in [5, 5.41) is 3.50. The van der Waals surface area contributed by atoms with E-state index in [4.69, 9.17) is 0 Å². The molecule has 0 bridgehead atoms. The van der Waals surface area contributed by atoms with Crippen LogP contribution >= 0.6 is 0 Å². The number of hydrogen-bond acceptors (Lipinski definition) is 4. The van der Waals surface area contributed by atoms with E-state index in [1.165, 1.54) is 12.8 Å². The van der Waals surface area contributed by atoms with Gasteiger partial charge in [-0.25, -0.2) is 8.42 Å². The third-order valence-electron chi connectivity index (χ3n) is 4.08. The maximum absolute atomic E-state index is 12.2. The van der Waals surface area contributed by atoms with Gasteiger partial charge < -0.3 is 10.2 Å². The Morgan fingerprint density at radius 1 is 1.25 bits per heavy atom. The zero-order valence-corrected chi connectivity index (χ0v) is 14.4. The Morgan fingerprint density at radius 2 is 1.95 bits per heavy atom. The van der Waals surface area contributed by atoms with Gasteiger partial charge in [-0.3, -0.25) is 0 Å². The minimum Gasteiger partial charge on any atom is -0.313 e. The first-order valence-electron chi connectivity index (χ1n) is 7.94. The zero-order valence-electron chi connectivity index (χ0n) is 13.6. The van der Waals surface area contributed by atoms with Gasteiger partial charge in [-0.15, -0.1) is 0 Å². The van der Waals surface area contributed by atoms with E-state index in [1.54, 1.807) is 20.8 Å². The number of nitrogens with one attached hydrogen (secondary N) is 1. The molecule has 0 saturated carbocycles. The van der Waals surface area contributed by atoms with Crippen LogP contribution in [0.4, 0.5) is 0 Å². The highest BCUT2D eigenvalue weighted by Gasteiger charge is 2.29. The molecule has 1 rings (SSSR count). The first-order valence-corrected chi connectivity index (χ1v) is 9.59. The second kappa shape index (κ2) is 7.76. The van der Waals surface area contributed by atoms with Gasteiger partial charge in [0, 0.05) is 19.1 Å². The molecule has 1 aliphatic heterocycles. The summed E-state index contributed by atoms with van der Waals surface area (Å²) in [6, 6.07) is 0.546. The summed E-state index contributed by atoms with van der Waals surface area (Å²) in [5.74, 6) is 0.271. The summed E-state index contributed by atoms with van der Waals surface area (Å²) in [6.45, 7) is 11.3. The van der Waals surface area contributed by atoms with Crippen molar-refractivity contribution >= 4 is 9.84 Å². The summed E-state index contributed by atoms with van der Waals surface area (Å²) in [5.41, 5.74) is 0. The molecule has 0 aromatic rings. The average molecular weight is 305 g/mol. The first-order chi connectivity index (χ1) is 9.26. The van der Waals surface area contributed by atoms with Crippen LogP contribution in [-0.2, 0) is 9.84 Å². The lowest BCUT2D eigenvalue weighted by Gasteiger charge is -2.27. The minimum absolute atomic E-state index is 0.271. The molecule has 0 aromatic heterocycles. The number of unbranched alkanes of at least 4 members (excludes halogenated alkanes) is 1. The molecule has 1 N–H and O–H groups in total. The fourth-order valence-electron chi connectivity index (χ4n) is 2.46. The predicted molar refractivity (Wildman–Crippen MR) is 85.9 cm³/mol. The van der Waals surface area contributed by atoms with Crippen LogP contribution in [-0.4, -0.2) is 56.0 Å². The van der Waals surface area contributed by atoms with Crippen molar-refractivity contribution in [1.29, 1.82) is 0 Å². The Labute approximate surface area is 125 Å². The Balaban J connectivity index is 2.51. The van der Waals surface area contributed by atoms with Crippen molar-refractivity contribution in [3.8, 4) is 0 Å². The van der Waals surface area contributed by atoms with Gasteiger partial charge in [0.05, 0.1) is 10.5 Å². The summed E-state index contributed by atoms with van der Waals surface area (Å²) in [7, 11) is -3.01. The van der Waals surface area contributed by atoms with Gasteiger partial charge in [-0.1, -0.05) is 13.3 Å². The Bertz CT molecular complexity index is 368. The minimum atomic E-state index is -3.01. The highest BCUT2D eigenvalue weighted by molar-refractivity contribution is 7.92. The molecule has 1 aliphatic rings. The normalized spacial score (nSPS) is 20.8. The van der Waals surface area contributed by atoms with Gasteiger partial charge in [-0.2, -0.15) is 0 Å². The quantitative estimate of drug-likeness (QED) is 0.746. The molecular formula is C15H32N2O2S. The third-order valence-corrected chi connectivity index (χ3v) is 6.66. The van der Waals surface area contributed by atoms with Crippen LogP contribution in [0.2, 0.25) is 0 Å². The van der Waals surface area contributed by atoms with Gasteiger partial charge in [0.2, 0.25) is 0 Å². The van der Waals surface area contributed by atoms with Crippen molar-refractivity contribution in [3.05, 3.63) is 0 Å². The van der Waals surface area contributed by atoms with Crippen molar-refractivity contribution in [2.45, 2.75) is 64.2 Å². The second-order valence-electron chi connectivity index (χ2n) is 6.88. The monoisotopic (exact) mass is 304 g/mol. The molecule has 0 radical (unpaired) electrons. The molecule has 20 heavy (non-hydrogen) atoms. The first kappa shape index (κ1) is 17.9. The highest BCUT2D eigenvalue weighted by Crippen LogP contribution is 2.16. The molecule has 0 amide bonds. The predicted octanol–water partition coefficient (Wildman–Crippen LogP) is 2.05. The van der Waals surface area contributed by atoms with Gasteiger partial charge in [-0.05, 0) is 53.1 Å². The van der Waals surface area contributed by atoms with E-state index < -0.39 is 14.6 Å². The fraction of sp³-hybridized carbons (Fsp3) is 1.00. The maximum atomic E-state index is 12.2. The smallest absolute Gasteiger partial charge is 0.156 e. The number of nitrogens with zero attached hydrogens (tertiary/aromatic N) is 1. The molecule has 1 heterocycles. The van der Waals surface area contributed by atoms with Crippen LogP contribution in [0, 0.1) is 0 Å². The lowest BCUT2D eigenvalue weighted by molar-refractivity contribution is 0.258. The Kier molecular flexibility index (Phi) is 6.95. The highest BCUT2D eigenvalue weighted by atomic mass is 32.2. The van der Waals surface area contributed by atoms with Crippen molar-refractivity contribution in [2.24, 2.45) is 0 Å². The molecule has 1 atom stereocenters. The van der Waals surface area contributed by atoms with Crippen molar-refractivity contribution in [1.82, 2.24) is 10.2 Å². The van der Waals surface area contributed by atoms with Gasteiger partial charge >= 0.3 is 0 Å². The molecule has 1 unspecified atom stereocenters. The van der Waals surface area contributed by atoms with Gasteiger partial charge in [0.15, 0.2) is 9.84 Å². The molecule has 0 aromatic carbocycles. The van der Waals surface area contributed by atoms with Crippen LogP contribution in [0.15, 0.2) is 0 Å². The van der Waals surface area contributed by atoms with Crippen LogP contribution in [0.25, 0.3) is 0 Å². The van der Waals surface area contributed by atoms with E-state index in [9.17, 15) is 8.42 Å². The summed E-state index contributed by atoms with van der Waals surface area (Å²) in [6.07, 6.45) is 4.75. The topological polar surface area (TPSA) is 49.4 Å². The molecule has 120 valence electrons. The van der Waals surface area contributed by atoms with E-state index in [0.29, 0.717) is 12.6 Å². The SMILES string of the molecule is CCCCN(CCS(=O)(=O)C(C)(C)C)CC1CCCN1. The second-order valence-corrected chi connectivity index (χ2v) is 9.74. The number of rotatable bonds is 8. The molecular weight excluding hydrogens is 272 g/mol. The Morgan fingerprint density at radius 3 is 2.45 bits per heavy atom.